The van der Waals surface area contributed by atoms with Gasteiger partial charge in [-0.1, -0.05) is 12.1 Å². The highest BCUT2D eigenvalue weighted by Crippen LogP contribution is 2.38. The standard InChI is InChI=1S/C17H16N2O4/c1-21-14-5-3-2-4-11(14)17-18-12-8-15-16(23-10-22-15)9-13(12)19(17)6-7-20/h2-5,8-9,20H,6-7,10H2,1H3. The highest BCUT2D eigenvalue weighted by molar-refractivity contribution is 5.85. The fourth-order valence-electron chi connectivity index (χ4n) is 2.88. The van der Waals surface area contributed by atoms with E-state index in [1.165, 1.54) is 0 Å². The SMILES string of the molecule is COc1ccccc1-c1nc2cc3c(cc2n1CCO)OCO3. The van der Waals surface area contributed by atoms with Crippen LogP contribution in [0, 0.1) is 0 Å². The number of nitrogens with zero attached hydrogens (tertiary/aromatic N) is 2. The molecule has 23 heavy (non-hydrogen) atoms. The maximum Gasteiger partial charge on any atom is 0.231 e. The van der Waals surface area contributed by atoms with E-state index < -0.39 is 0 Å². The van der Waals surface area contributed by atoms with Crippen molar-refractivity contribution in [1.29, 1.82) is 0 Å². The molecule has 0 radical (unpaired) electrons. The molecule has 1 aromatic heterocycles. The normalized spacial score (nSPS) is 12.8. The van der Waals surface area contributed by atoms with Gasteiger partial charge < -0.3 is 23.9 Å². The smallest absolute Gasteiger partial charge is 0.231 e. The van der Waals surface area contributed by atoms with Crippen LogP contribution >= 0.6 is 0 Å². The largest absolute Gasteiger partial charge is 0.496 e. The van der Waals surface area contributed by atoms with Gasteiger partial charge >= 0.3 is 0 Å². The average Bonchev–Trinajstić information content (AvgIpc) is 3.17. The minimum atomic E-state index is 0.0159. The van der Waals surface area contributed by atoms with Gasteiger partial charge in [0.1, 0.15) is 11.6 Å². The topological polar surface area (TPSA) is 65.7 Å². The molecule has 0 atom stereocenters. The van der Waals surface area contributed by atoms with Gasteiger partial charge in [0.2, 0.25) is 6.79 Å². The molecule has 118 valence electrons. The Bertz CT molecular complexity index is 872. The number of methoxy groups -OCH3 is 1. The third kappa shape index (κ3) is 2.19. The lowest BCUT2D eigenvalue weighted by atomic mass is 10.2. The molecule has 0 bridgehead atoms. The van der Waals surface area contributed by atoms with E-state index in [9.17, 15) is 5.11 Å². The Balaban J connectivity index is 1.97. The van der Waals surface area contributed by atoms with Gasteiger partial charge in [-0.15, -0.1) is 0 Å². The van der Waals surface area contributed by atoms with Crippen LogP contribution < -0.4 is 14.2 Å². The van der Waals surface area contributed by atoms with Crippen molar-refractivity contribution in [3.8, 4) is 28.6 Å². The maximum atomic E-state index is 9.45. The zero-order valence-corrected chi connectivity index (χ0v) is 12.7. The Morgan fingerprint density at radius 1 is 1.22 bits per heavy atom. The predicted molar refractivity (Wildman–Crippen MR) is 84.9 cm³/mol. The predicted octanol–water partition coefficient (Wildman–Crippen LogP) is 2.43. The highest BCUT2D eigenvalue weighted by atomic mass is 16.7. The number of hydrogen-bond acceptors (Lipinski definition) is 5. The number of aliphatic hydroxyl groups is 1. The van der Waals surface area contributed by atoms with Crippen LogP contribution in [0.5, 0.6) is 17.2 Å². The van der Waals surface area contributed by atoms with E-state index >= 15 is 0 Å². The number of imidazole rings is 1. The Morgan fingerprint density at radius 3 is 2.78 bits per heavy atom. The Hall–Kier alpha value is -2.73. The van der Waals surface area contributed by atoms with Gasteiger partial charge in [0.25, 0.3) is 0 Å². The Morgan fingerprint density at radius 2 is 2.00 bits per heavy atom. The van der Waals surface area contributed by atoms with Gasteiger partial charge in [-0.2, -0.15) is 0 Å². The lowest BCUT2D eigenvalue weighted by Gasteiger charge is -2.10. The summed E-state index contributed by atoms with van der Waals surface area (Å²) >= 11 is 0. The number of benzene rings is 2. The lowest BCUT2D eigenvalue weighted by molar-refractivity contribution is 0.174. The number of aromatic nitrogens is 2. The first-order valence-corrected chi connectivity index (χ1v) is 7.36. The quantitative estimate of drug-likeness (QED) is 0.801. The van der Waals surface area contributed by atoms with Crippen molar-refractivity contribution < 1.29 is 19.3 Å². The molecule has 4 rings (SSSR count). The molecular formula is C17H16N2O4. The molecule has 0 saturated heterocycles. The van der Waals surface area contributed by atoms with E-state index in [-0.39, 0.29) is 13.4 Å². The Kier molecular flexibility index (Phi) is 3.31. The molecule has 0 fully saturated rings. The van der Waals surface area contributed by atoms with E-state index in [1.54, 1.807) is 7.11 Å². The number of hydrogen-bond donors (Lipinski definition) is 1. The second kappa shape index (κ2) is 5.48. The number of ether oxygens (including phenoxy) is 3. The molecule has 1 aliphatic rings. The van der Waals surface area contributed by atoms with E-state index in [0.717, 1.165) is 28.2 Å². The molecule has 0 unspecified atom stereocenters. The summed E-state index contributed by atoms with van der Waals surface area (Å²) < 4.78 is 18.3. The number of fused-ring (bicyclic) bond motifs is 2. The van der Waals surface area contributed by atoms with Crippen LogP contribution in [-0.2, 0) is 6.54 Å². The molecule has 0 saturated carbocycles. The molecule has 0 amide bonds. The number of rotatable bonds is 4. The maximum absolute atomic E-state index is 9.45. The van der Waals surface area contributed by atoms with Crippen molar-refractivity contribution in [2.75, 3.05) is 20.5 Å². The molecule has 3 aromatic rings. The second-order valence-corrected chi connectivity index (χ2v) is 5.21. The van der Waals surface area contributed by atoms with Crippen LogP contribution in [0.15, 0.2) is 36.4 Å². The minimum absolute atomic E-state index is 0.0159. The van der Waals surface area contributed by atoms with Crippen molar-refractivity contribution in [3.63, 3.8) is 0 Å². The van der Waals surface area contributed by atoms with Crippen LogP contribution in [0.2, 0.25) is 0 Å². The van der Waals surface area contributed by atoms with Crippen LogP contribution in [-0.4, -0.2) is 35.2 Å². The van der Waals surface area contributed by atoms with Gasteiger partial charge in [0.15, 0.2) is 11.5 Å². The number of aliphatic hydroxyl groups excluding tert-OH is 1. The van der Waals surface area contributed by atoms with E-state index in [1.807, 2.05) is 41.0 Å². The molecule has 2 heterocycles. The second-order valence-electron chi connectivity index (χ2n) is 5.21. The third-order valence-electron chi connectivity index (χ3n) is 3.91. The van der Waals surface area contributed by atoms with Crippen molar-refractivity contribution in [3.05, 3.63) is 36.4 Å². The van der Waals surface area contributed by atoms with Gasteiger partial charge in [0, 0.05) is 18.7 Å². The van der Waals surface area contributed by atoms with Gasteiger partial charge in [-0.3, -0.25) is 0 Å². The van der Waals surface area contributed by atoms with E-state index in [0.29, 0.717) is 18.0 Å². The zero-order chi connectivity index (χ0) is 15.8. The monoisotopic (exact) mass is 312 g/mol. The minimum Gasteiger partial charge on any atom is -0.496 e. The van der Waals surface area contributed by atoms with Gasteiger partial charge in [-0.25, -0.2) is 4.98 Å². The zero-order valence-electron chi connectivity index (χ0n) is 12.7. The fourth-order valence-corrected chi connectivity index (χ4v) is 2.88. The summed E-state index contributed by atoms with van der Waals surface area (Å²) in [5, 5.41) is 9.45. The third-order valence-corrected chi connectivity index (χ3v) is 3.91. The van der Waals surface area contributed by atoms with Crippen LogP contribution in [0.4, 0.5) is 0 Å². The van der Waals surface area contributed by atoms with Gasteiger partial charge in [-0.05, 0) is 12.1 Å². The lowest BCUT2D eigenvalue weighted by Crippen LogP contribution is -2.04. The van der Waals surface area contributed by atoms with Crippen LogP contribution in [0.3, 0.4) is 0 Å². The van der Waals surface area contributed by atoms with E-state index in [4.69, 9.17) is 19.2 Å². The van der Waals surface area contributed by atoms with Crippen molar-refractivity contribution in [1.82, 2.24) is 9.55 Å². The molecule has 0 spiro atoms. The summed E-state index contributed by atoms with van der Waals surface area (Å²) in [6, 6.07) is 11.5. The van der Waals surface area contributed by atoms with Gasteiger partial charge in [0.05, 0.1) is 30.3 Å². The summed E-state index contributed by atoms with van der Waals surface area (Å²) in [5.41, 5.74) is 2.56. The Labute approximate surface area is 132 Å². The fraction of sp³-hybridized carbons (Fsp3) is 0.235. The van der Waals surface area contributed by atoms with Crippen LogP contribution in [0.1, 0.15) is 0 Å². The molecule has 6 heteroatoms. The molecule has 1 N–H and O–H groups in total. The summed E-state index contributed by atoms with van der Waals surface area (Å²) in [7, 11) is 1.63. The first-order chi connectivity index (χ1) is 11.3. The molecule has 2 aromatic carbocycles. The number of para-hydroxylation sites is 1. The molecule has 1 aliphatic heterocycles. The summed E-state index contributed by atoms with van der Waals surface area (Å²) in [6.07, 6.45) is 0. The highest BCUT2D eigenvalue weighted by Gasteiger charge is 2.21. The molecule has 0 aliphatic carbocycles. The first-order valence-electron chi connectivity index (χ1n) is 7.36. The van der Waals surface area contributed by atoms with Crippen molar-refractivity contribution >= 4 is 11.0 Å². The molecule has 6 nitrogen and oxygen atoms in total. The van der Waals surface area contributed by atoms with E-state index in [2.05, 4.69) is 0 Å². The summed E-state index contributed by atoms with van der Waals surface area (Å²) in [6.45, 7) is 0.673. The van der Waals surface area contributed by atoms with Crippen molar-refractivity contribution in [2.24, 2.45) is 0 Å². The summed E-state index contributed by atoms with van der Waals surface area (Å²) in [4.78, 5) is 4.72. The first kappa shape index (κ1) is 13.9. The van der Waals surface area contributed by atoms with Crippen molar-refractivity contribution in [2.45, 2.75) is 6.54 Å². The average molecular weight is 312 g/mol. The van der Waals surface area contributed by atoms with Crippen LogP contribution in [0.25, 0.3) is 22.4 Å². The summed E-state index contributed by atoms with van der Waals surface area (Å²) in [5.74, 6) is 2.87. The molecular weight excluding hydrogens is 296 g/mol.